The van der Waals surface area contributed by atoms with Gasteiger partial charge < -0.3 is 10.6 Å². The lowest BCUT2D eigenvalue weighted by Crippen LogP contribution is -2.46. The van der Waals surface area contributed by atoms with E-state index in [1.165, 1.54) is 10.8 Å². The lowest BCUT2D eigenvalue weighted by Gasteiger charge is -2.25. The summed E-state index contributed by atoms with van der Waals surface area (Å²) in [7, 11) is 0. The maximum atomic E-state index is 14.4. The molecule has 0 unspecified atom stereocenters. The van der Waals surface area contributed by atoms with Gasteiger partial charge in [-0.15, -0.1) is 0 Å². The van der Waals surface area contributed by atoms with Gasteiger partial charge in [0.15, 0.2) is 5.69 Å². The molecule has 2 aromatic heterocycles. The third kappa shape index (κ3) is 5.83. The maximum absolute atomic E-state index is 14.4. The van der Waals surface area contributed by atoms with Crippen molar-refractivity contribution in [2.45, 2.75) is 39.0 Å². The van der Waals surface area contributed by atoms with Crippen molar-refractivity contribution in [2.75, 3.05) is 13.1 Å². The van der Waals surface area contributed by atoms with E-state index in [-0.39, 0.29) is 30.3 Å². The van der Waals surface area contributed by atoms with E-state index < -0.39 is 36.5 Å². The summed E-state index contributed by atoms with van der Waals surface area (Å²) in [6, 6.07) is 5.26. The van der Waals surface area contributed by atoms with Crippen molar-refractivity contribution in [1.29, 1.82) is 0 Å². The van der Waals surface area contributed by atoms with Gasteiger partial charge >= 0.3 is 0 Å². The van der Waals surface area contributed by atoms with Crippen LogP contribution in [0.4, 0.5) is 8.87 Å². The van der Waals surface area contributed by atoms with Crippen LogP contribution in [0, 0.1) is 11.8 Å². The fourth-order valence-corrected chi connectivity index (χ4v) is 4.08. The van der Waals surface area contributed by atoms with Crippen LogP contribution in [0.15, 0.2) is 48.3 Å². The molecule has 38 heavy (non-hydrogen) atoms. The van der Waals surface area contributed by atoms with Crippen molar-refractivity contribution >= 4 is 28.6 Å². The fourth-order valence-electron chi connectivity index (χ4n) is 4.08. The number of likely N-dealkylation sites (tertiary alicyclic amines) is 1. The number of alkyl halides is 1. The minimum Gasteiger partial charge on any atom is -0.364 e. The van der Waals surface area contributed by atoms with E-state index in [0.717, 1.165) is 10.5 Å². The summed E-state index contributed by atoms with van der Waals surface area (Å²) < 4.78 is 29.9. The number of hydrogen-bond acceptors (Lipinski definition) is 6. The standard InChI is InChI=1S/C26H25F2N7O3/c1-16(2)8-11-34(28)26(38)21-13-18(27)14-33(21)23(36)15-35-20-6-4-17(5-7-22-30-9-3-10-31-22)12-19(20)24(32-35)25(29)37/h3-4,6,8-10,12,18,21H,11,13-15H2,1-2H3,(H2,29,37)/t18-,21+/m1/s1. The second-order valence-corrected chi connectivity index (χ2v) is 8.98. The van der Waals surface area contributed by atoms with Crippen LogP contribution in [0.5, 0.6) is 0 Å². The van der Waals surface area contributed by atoms with E-state index in [4.69, 9.17) is 5.73 Å². The number of hydrogen-bond donors (Lipinski definition) is 1. The Morgan fingerprint density at radius 2 is 1.95 bits per heavy atom. The molecule has 1 aliphatic heterocycles. The van der Waals surface area contributed by atoms with Gasteiger partial charge in [-0.2, -0.15) is 10.2 Å². The first-order chi connectivity index (χ1) is 18.1. The summed E-state index contributed by atoms with van der Waals surface area (Å²) in [5, 5.41) is 4.52. The average molecular weight is 522 g/mol. The molecule has 0 saturated carbocycles. The number of allylic oxidation sites excluding steroid dienone is 1. The molecule has 0 aliphatic carbocycles. The Bertz CT molecular complexity index is 1470. The van der Waals surface area contributed by atoms with Crippen LogP contribution in [-0.2, 0) is 16.1 Å². The highest BCUT2D eigenvalue weighted by Crippen LogP contribution is 2.25. The van der Waals surface area contributed by atoms with Crippen LogP contribution in [0.25, 0.3) is 10.9 Å². The Kier molecular flexibility index (Phi) is 7.76. The smallest absolute Gasteiger partial charge is 0.273 e. The van der Waals surface area contributed by atoms with Gasteiger partial charge in [-0.3, -0.25) is 19.1 Å². The number of carbonyl (C=O) groups is 3. The zero-order chi connectivity index (χ0) is 27.4. The van der Waals surface area contributed by atoms with E-state index in [9.17, 15) is 23.3 Å². The molecule has 3 aromatic rings. The number of nitrogens with two attached hydrogens (primary N) is 1. The summed E-state index contributed by atoms with van der Waals surface area (Å²) in [5.41, 5.74) is 7.17. The topological polar surface area (TPSA) is 127 Å². The van der Waals surface area contributed by atoms with E-state index in [1.807, 2.05) is 0 Å². The molecule has 0 bridgehead atoms. The van der Waals surface area contributed by atoms with Crippen LogP contribution in [0.3, 0.4) is 0 Å². The summed E-state index contributed by atoms with van der Waals surface area (Å²) in [5.74, 6) is 3.57. The predicted molar refractivity (Wildman–Crippen MR) is 134 cm³/mol. The van der Waals surface area contributed by atoms with Crippen LogP contribution >= 0.6 is 0 Å². The number of amides is 3. The first kappa shape index (κ1) is 26.4. The van der Waals surface area contributed by atoms with E-state index in [1.54, 1.807) is 50.5 Å². The van der Waals surface area contributed by atoms with Crippen LogP contribution < -0.4 is 5.73 Å². The lowest BCUT2D eigenvalue weighted by molar-refractivity contribution is -0.154. The van der Waals surface area contributed by atoms with Crippen molar-refractivity contribution in [3.63, 3.8) is 0 Å². The second-order valence-electron chi connectivity index (χ2n) is 8.98. The van der Waals surface area contributed by atoms with Crippen molar-refractivity contribution in [3.8, 4) is 11.8 Å². The first-order valence-corrected chi connectivity index (χ1v) is 11.8. The quantitative estimate of drug-likeness (QED) is 0.300. The highest BCUT2D eigenvalue weighted by molar-refractivity contribution is 6.04. The van der Waals surface area contributed by atoms with Gasteiger partial charge in [0, 0.05) is 29.8 Å². The number of primary amides is 1. The van der Waals surface area contributed by atoms with Crippen molar-refractivity contribution in [3.05, 3.63) is 65.4 Å². The Morgan fingerprint density at radius 3 is 2.63 bits per heavy atom. The summed E-state index contributed by atoms with van der Waals surface area (Å²) in [6.45, 7) is 2.44. The third-order valence-corrected chi connectivity index (χ3v) is 5.91. The zero-order valence-electron chi connectivity index (χ0n) is 20.8. The van der Waals surface area contributed by atoms with E-state index in [0.29, 0.717) is 22.3 Å². The molecule has 4 rings (SSSR count). The van der Waals surface area contributed by atoms with Crippen molar-refractivity contribution in [1.82, 2.24) is 29.8 Å². The Hall–Kier alpha value is -4.66. The number of halogens is 2. The fraction of sp³-hybridized carbons (Fsp3) is 0.308. The highest BCUT2D eigenvalue weighted by atomic mass is 19.2. The Morgan fingerprint density at radius 1 is 1.21 bits per heavy atom. The molecular weight excluding hydrogens is 496 g/mol. The molecule has 3 heterocycles. The Labute approximate surface area is 217 Å². The Balaban J connectivity index is 1.59. The van der Waals surface area contributed by atoms with E-state index >= 15 is 0 Å². The first-order valence-electron chi connectivity index (χ1n) is 11.8. The molecule has 196 valence electrons. The van der Waals surface area contributed by atoms with Gasteiger partial charge in [-0.1, -0.05) is 22.1 Å². The van der Waals surface area contributed by atoms with E-state index in [2.05, 4.69) is 26.9 Å². The number of carbonyl (C=O) groups excluding carboxylic acids is 3. The molecule has 10 nitrogen and oxygen atoms in total. The number of benzene rings is 1. The molecule has 3 amide bonds. The molecule has 1 fully saturated rings. The molecule has 1 aliphatic rings. The molecule has 12 heteroatoms. The number of aromatic nitrogens is 4. The van der Waals surface area contributed by atoms with Crippen LogP contribution in [0.1, 0.15) is 42.1 Å². The molecule has 2 N–H and O–H groups in total. The van der Waals surface area contributed by atoms with Gasteiger partial charge in [0.2, 0.25) is 11.7 Å². The number of rotatable bonds is 6. The van der Waals surface area contributed by atoms with Gasteiger partial charge in [-0.05, 0) is 44.0 Å². The number of fused-ring (bicyclic) bond motifs is 1. The summed E-state index contributed by atoms with van der Waals surface area (Å²) >= 11 is 0. The summed E-state index contributed by atoms with van der Waals surface area (Å²) in [6.07, 6.45) is 2.85. The SMILES string of the molecule is CC(C)=CCN(F)C(=O)[C@@H]1C[C@@H](F)CN1C(=O)Cn1nc(C(N)=O)c2cc(C#Cc3ncccn3)ccc21. The largest absolute Gasteiger partial charge is 0.364 e. The molecule has 2 atom stereocenters. The van der Waals surface area contributed by atoms with Crippen molar-refractivity contribution < 1.29 is 23.3 Å². The number of nitrogens with zero attached hydrogens (tertiary/aromatic N) is 6. The van der Waals surface area contributed by atoms with Crippen LogP contribution in [0.2, 0.25) is 0 Å². The maximum Gasteiger partial charge on any atom is 0.273 e. The van der Waals surface area contributed by atoms with Gasteiger partial charge in [0.05, 0.1) is 18.6 Å². The molecule has 0 spiro atoms. The molecule has 1 saturated heterocycles. The monoisotopic (exact) mass is 521 g/mol. The minimum absolute atomic E-state index is 0.0203. The molecule has 1 aromatic carbocycles. The molecule has 0 radical (unpaired) electrons. The predicted octanol–water partition coefficient (Wildman–Crippen LogP) is 1.94. The van der Waals surface area contributed by atoms with Gasteiger partial charge in [0.1, 0.15) is 18.8 Å². The zero-order valence-corrected chi connectivity index (χ0v) is 20.8. The average Bonchev–Trinajstić information content (AvgIpc) is 3.46. The summed E-state index contributed by atoms with van der Waals surface area (Å²) in [4.78, 5) is 46.9. The van der Waals surface area contributed by atoms with Gasteiger partial charge in [-0.25, -0.2) is 14.4 Å². The second kappa shape index (κ2) is 11.2. The lowest BCUT2D eigenvalue weighted by atomic mass is 10.1. The highest BCUT2D eigenvalue weighted by Gasteiger charge is 2.42. The molecular formula is C26H25F2N7O3. The van der Waals surface area contributed by atoms with Gasteiger partial charge in [0.25, 0.3) is 11.8 Å². The normalized spacial score (nSPS) is 16.6. The van der Waals surface area contributed by atoms with Crippen LogP contribution in [-0.4, -0.2) is 72.8 Å². The van der Waals surface area contributed by atoms with Crippen molar-refractivity contribution in [2.24, 2.45) is 5.73 Å². The minimum atomic E-state index is -1.48. The third-order valence-electron chi connectivity index (χ3n) is 5.91.